The molecule has 0 spiro atoms. The van der Waals surface area contributed by atoms with Crippen molar-refractivity contribution in [2.24, 2.45) is 0 Å². The molecule has 0 fully saturated rings. The molecule has 6 nitrogen and oxygen atoms in total. The number of ketones is 1. The fourth-order valence-corrected chi connectivity index (χ4v) is 3.21. The summed E-state index contributed by atoms with van der Waals surface area (Å²) < 4.78 is 12.0. The number of anilines is 1. The minimum Gasteiger partial charge on any atom is -0.394 e. The number of aliphatic hydroxyl groups is 2. The highest BCUT2D eigenvalue weighted by Gasteiger charge is 2.30. The quantitative estimate of drug-likeness (QED) is 0.744. The highest BCUT2D eigenvalue weighted by atomic mass is 32.2. The van der Waals surface area contributed by atoms with Crippen LogP contribution in [0.5, 0.6) is 0 Å². The van der Waals surface area contributed by atoms with Gasteiger partial charge in [-0.05, 0) is 25.1 Å². The van der Waals surface area contributed by atoms with Crippen LogP contribution in [0.4, 0.5) is 5.69 Å². The van der Waals surface area contributed by atoms with Gasteiger partial charge in [0.1, 0.15) is 5.75 Å². The van der Waals surface area contributed by atoms with Crippen LogP contribution in [0.25, 0.3) is 0 Å². The third kappa shape index (κ3) is 2.79. The maximum Gasteiger partial charge on any atom is 0.240 e. The van der Waals surface area contributed by atoms with Crippen LogP contribution in [0.1, 0.15) is 17.3 Å². The zero-order chi connectivity index (χ0) is 14.9. The molecule has 1 aliphatic rings. The molecule has 0 aromatic heterocycles. The molecule has 1 aromatic rings. The fraction of sp³-hybridized carbons (Fsp3) is 0.385. The number of rotatable bonds is 4. The zero-order valence-electron chi connectivity index (χ0n) is 10.9. The van der Waals surface area contributed by atoms with Gasteiger partial charge >= 0.3 is 0 Å². The van der Waals surface area contributed by atoms with Crippen LogP contribution in [0.2, 0.25) is 0 Å². The van der Waals surface area contributed by atoms with Crippen LogP contribution in [0, 0.1) is 0 Å². The number of hydrogen-bond acceptors (Lipinski definition) is 5. The second-order valence-electron chi connectivity index (χ2n) is 4.57. The maximum atomic E-state index is 12.0. The number of hydrogen-bond donors (Lipinski definition) is 2. The number of fused-ring (bicyclic) bond motifs is 1. The minimum absolute atomic E-state index is 0.0705. The highest BCUT2D eigenvalue weighted by molar-refractivity contribution is 7.86. The summed E-state index contributed by atoms with van der Waals surface area (Å²) in [7, 11) is -1.50. The summed E-state index contributed by atoms with van der Waals surface area (Å²) in [6.45, 7) is 0.874. The topological polar surface area (TPSA) is 94.9 Å². The Morgan fingerprint density at radius 3 is 2.80 bits per heavy atom. The van der Waals surface area contributed by atoms with Crippen molar-refractivity contribution in [1.82, 2.24) is 0 Å². The normalized spacial score (nSPS) is 19.6. The summed E-state index contributed by atoms with van der Waals surface area (Å²) in [6, 6.07) is 4.61. The smallest absolute Gasteiger partial charge is 0.240 e. The Morgan fingerprint density at radius 2 is 2.20 bits per heavy atom. The number of carbonyl (C=O) groups is 2. The number of amides is 1. The molecule has 2 unspecified atom stereocenters. The van der Waals surface area contributed by atoms with Crippen molar-refractivity contribution in [1.29, 1.82) is 0 Å². The first-order valence-electron chi connectivity index (χ1n) is 6.06. The summed E-state index contributed by atoms with van der Waals surface area (Å²) in [4.78, 5) is 25.0. The fourth-order valence-electron chi connectivity index (χ4n) is 2.01. The van der Waals surface area contributed by atoms with Crippen molar-refractivity contribution < 1.29 is 24.0 Å². The average Bonchev–Trinajstić information content (AvgIpc) is 2.42. The van der Waals surface area contributed by atoms with Crippen molar-refractivity contribution >= 4 is 28.2 Å². The second-order valence-corrected chi connectivity index (χ2v) is 5.99. The minimum atomic E-state index is -1.50. The predicted octanol–water partition coefficient (Wildman–Crippen LogP) is -0.303. The summed E-state index contributed by atoms with van der Waals surface area (Å²) >= 11 is 0. The van der Waals surface area contributed by atoms with Crippen LogP contribution < -0.4 is 4.90 Å². The summed E-state index contributed by atoms with van der Waals surface area (Å²) in [5.41, 5.74) is 0.839. The number of nitrogens with zero attached hydrogens (tertiary/aromatic N) is 1. The van der Waals surface area contributed by atoms with Crippen LogP contribution in [0.3, 0.4) is 0 Å². The highest BCUT2D eigenvalue weighted by Crippen LogP contribution is 2.30. The third-order valence-corrected chi connectivity index (χ3v) is 4.39. The Labute approximate surface area is 118 Å². The molecule has 1 amide bonds. The third-order valence-electron chi connectivity index (χ3n) is 3.06. The summed E-state index contributed by atoms with van der Waals surface area (Å²) in [6.07, 6.45) is -1.06. The van der Waals surface area contributed by atoms with Gasteiger partial charge in [0.25, 0.3) is 0 Å². The maximum absolute atomic E-state index is 12.0. The lowest BCUT2D eigenvalue weighted by Crippen LogP contribution is -2.44. The molecule has 20 heavy (non-hydrogen) atoms. The first-order valence-corrected chi connectivity index (χ1v) is 7.38. The van der Waals surface area contributed by atoms with E-state index in [-0.39, 0.29) is 24.0 Å². The van der Waals surface area contributed by atoms with Crippen LogP contribution in [-0.4, -0.2) is 51.1 Å². The second kappa shape index (κ2) is 5.82. The lowest BCUT2D eigenvalue weighted by molar-refractivity contribution is -0.116. The van der Waals surface area contributed by atoms with Crippen molar-refractivity contribution in [2.75, 3.05) is 23.8 Å². The van der Waals surface area contributed by atoms with Gasteiger partial charge < -0.3 is 15.1 Å². The van der Waals surface area contributed by atoms with E-state index in [2.05, 4.69) is 0 Å². The molecule has 0 bridgehead atoms. The van der Waals surface area contributed by atoms with E-state index in [0.717, 1.165) is 0 Å². The van der Waals surface area contributed by atoms with Gasteiger partial charge in [-0.1, -0.05) is 0 Å². The molecule has 0 aliphatic carbocycles. The average molecular weight is 297 g/mol. The van der Waals surface area contributed by atoms with E-state index in [1.807, 2.05) is 0 Å². The Hall–Kier alpha value is -1.57. The molecule has 108 valence electrons. The molecule has 1 aromatic carbocycles. The molecular formula is C13H15NO5S. The number of benzene rings is 1. The lowest BCUT2D eigenvalue weighted by atomic mass is 10.1. The van der Waals surface area contributed by atoms with Crippen molar-refractivity contribution in [3.8, 4) is 0 Å². The van der Waals surface area contributed by atoms with E-state index in [0.29, 0.717) is 16.1 Å². The monoisotopic (exact) mass is 297 g/mol. The predicted molar refractivity (Wildman–Crippen MR) is 73.2 cm³/mol. The summed E-state index contributed by atoms with van der Waals surface area (Å²) in [5.74, 6) is -0.713. The van der Waals surface area contributed by atoms with Crippen molar-refractivity contribution in [3.63, 3.8) is 0 Å². The van der Waals surface area contributed by atoms with Gasteiger partial charge in [-0.15, -0.1) is 0 Å². The zero-order valence-corrected chi connectivity index (χ0v) is 11.7. The van der Waals surface area contributed by atoms with Crippen LogP contribution >= 0.6 is 0 Å². The van der Waals surface area contributed by atoms with E-state index in [1.54, 1.807) is 12.1 Å². The van der Waals surface area contributed by atoms with Crippen molar-refractivity contribution in [2.45, 2.75) is 17.9 Å². The van der Waals surface area contributed by atoms with Crippen LogP contribution in [0.15, 0.2) is 23.1 Å². The first kappa shape index (κ1) is 14.8. The van der Waals surface area contributed by atoms with E-state index in [1.165, 1.54) is 17.9 Å². The van der Waals surface area contributed by atoms with E-state index < -0.39 is 23.5 Å². The lowest BCUT2D eigenvalue weighted by Gasteiger charge is -2.30. The van der Waals surface area contributed by atoms with Gasteiger partial charge in [-0.2, -0.15) is 0 Å². The molecule has 7 heteroatoms. The molecule has 0 radical (unpaired) electrons. The Bertz CT molecular complexity index is 586. The number of aliphatic hydroxyl groups excluding tert-OH is 2. The molecule has 2 atom stereocenters. The number of carbonyl (C=O) groups excluding carboxylic acids is 2. The number of β-amino-alcohol motifs (C(OH)–C–C–N with tert-alkyl or cyclic N) is 1. The van der Waals surface area contributed by atoms with Gasteiger partial charge in [-0.25, -0.2) is 0 Å². The van der Waals surface area contributed by atoms with Gasteiger partial charge in [0, 0.05) is 5.56 Å². The first-order chi connectivity index (χ1) is 9.43. The van der Waals surface area contributed by atoms with E-state index >= 15 is 0 Å². The van der Waals surface area contributed by atoms with E-state index in [9.17, 15) is 18.9 Å². The van der Waals surface area contributed by atoms with Gasteiger partial charge in [0.05, 0.1) is 40.6 Å². The molecule has 1 heterocycles. The molecule has 2 rings (SSSR count). The van der Waals surface area contributed by atoms with E-state index in [4.69, 9.17) is 5.11 Å². The molecule has 0 saturated heterocycles. The van der Waals surface area contributed by atoms with Crippen LogP contribution in [-0.2, 0) is 15.6 Å². The number of Topliss-reactive ketones (excluding diaryl/α,β-unsaturated/α-hetero) is 1. The van der Waals surface area contributed by atoms with Crippen molar-refractivity contribution in [3.05, 3.63) is 23.8 Å². The SMILES string of the molecule is CC(=O)c1ccc2c(c1)S(=O)CC(=O)N2CC(O)CO. The van der Waals surface area contributed by atoms with Gasteiger partial charge in [-0.3, -0.25) is 13.8 Å². The molecule has 1 aliphatic heterocycles. The largest absolute Gasteiger partial charge is 0.394 e. The Kier molecular flexibility index (Phi) is 4.32. The Balaban J connectivity index is 2.44. The van der Waals surface area contributed by atoms with Gasteiger partial charge in [0.2, 0.25) is 5.91 Å². The van der Waals surface area contributed by atoms with Gasteiger partial charge in [0.15, 0.2) is 5.78 Å². The molecular weight excluding hydrogens is 282 g/mol. The molecule has 0 saturated carbocycles. The molecule has 2 N–H and O–H groups in total. The summed E-state index contributed by atoms with van der Waals surface area (Å²) in [5, 5.41) is 18.4. The standard InChI is InChI=1S/C13H15NO5S/c1-8(16)9-2-3-11-12(4-9)20(19)7-13(18)14(11)5-10(17)6-15/h2-4,10,15,17H,5-7H2,1H3. The Morgan fingerprint density at radius 1 is 1.50 bits per heavy atom.